The second-order valence-electron chi connectivity index (χ2n) is 5.56. The molecule has 4 nitrogen and oxygen atoms in total. The number of carbonyl (C=O) groups excluding carboxylic acids is 1. The molecule has 1 aromatic heterocycles. The van der Waals surface area contributed by atoms with E-state index >= 15 is 0 Å². The highest BCUT2D eigenvalue weighted by Gasteiger charge is 2.21. The summed E-state index contributed by atoms with van der Waals surface area (Å²) in [6.07, 6.45) is 2.27. The van der Waals surface area contributed by atoms with Crippen molar-refractivity contribution in [3.05, 3.63) is 36.0 Å². The van der Waals surface area contributed by atoms with Crippen molar-refractivity contribution in [2.45, 2.75) is 39.3 Å². The summed E-state index contributed by atoms with van der Waals surface area (Å²) in [5.41, 5.74) is 8.06. The average Bonchev–Trinajstić information content (AvgIpc) is 2.82. The molecule has 0 fully saturated rings. The highest BCUT2D eigenvalue weighted by atomic mass is 16.5. The van der Waals surface area contributed by atoms with Gasteiger partial charge in [-0.2, -0.15) is 0 Å². The number of nitrogens with two attached hydrogens (primary N) is 1. The van der Waals surface area contributed by atoms with E-state index in [-0.39, 0.29) is 12.1 Å². The van der Waals surface area contributed by atoms with E-state index in [9.17, 15) is 4.79 Å². The standard InChI is InChI=1S/C16H22N2O2/c1-10(2)11(3)20-16(19)14(17)8-12-9-18-15-7-5-4-6-13(12)15/h4-7,9-11,14,18H,8,17H2,1-3H3/t11?,14-/m0/s1. The van der Waals surface area contributed by atoms with E-state index in [1.165, 1.54) is 0 Å². The van der Waals surface area contributed by atoms with Crippen LogP contribution in [0.3, 0.4) is 0 Å². The summed E-state index contributed by atoms with van der Waals surface area (Å²) >= 11 is 0. The Bertz CT molecular complexity index is 589. The number of para-hydroxylation sites is 1. The van der Waals surface area contributed by atoms with Gasteiger partial charge in [0.1, 0.15) is 12.1 Å². The van der Waals surface area contributed by atoms with Gasteiger partial charge in [-0.15, -0.1) is 0 Å². The molecule has 1 aromatic carbocycles. The lowest BCUT2D eigenvalue weighted by molar-refractivity contribution is -0.151. The fraction of sp³-hybridized carbons (Fsp3) is 0.438. The minimum atomic E-state index is -0.629. The van der Waals surface area contributed by atoms with Gasteiger partial charge in [0.25, 0.3) is 0 Å². The first-order chi connectivity index (χ1) is 9.49. The summed E-state index contributed by atoms with van der Waals surface area (Å²) in [6.45, 7) is 5.92. The molecule has 108 valence electrons. The minimum Gasteiger partial charge on any atom is -0.461 e. The predicted octanol–water partition coefficient (Wildman–Crippen LogP) is 2.63. The third-order valence-electron chi connectivity index (χ3n) is 3.66. The third-order valence-corrected chi connectivity index (χ3v) is 3.66. The Hall–Kier alpha value is -1.81. The molecule has 0 saturated carbocycles. The summed E-state index contributed by atoms with van der Waals surface area (Å²) in [4.78, 5) is 15.1. The minimum absolute atomic E-state index is 0.114. The molecule has 0 saturated heterocycles. The van der Waals surface area contributed by atoms with Gasteiger partial charge in [-0.1, -0.05) is 32.0 Å². The van der Waals surface area contributed by atoms with Crippen LogP contribution in [-0.4, -0.2) is 23.1 Å². The number of nitrogens with one attached hydrogen (secondary N) is 1. The zero-order valence-electron chi connectivity index (χ0n) is 12.2. The monoisotopic (exact) mass is 274 g/mol. The quantitative estimate of drug-likeness (QED) is 0.824. The fourth-order valence-corrected chi connectivity index (χ4v) is 2.03. The van der Waals surface area contributed by atoms with E-state index in [2.05, 4.69) is 4.98 Å². The Morgan fingerprint density at radius 3 is 2.70 bits per heavy atom. The molecule has 0 bridgehead atoms. The molecule has 3 N–H and O–H groups in total. The normalized spacial score (nSPS) is 14.4. The van der Waals surface area contributed by atoms with Crippen LogP contribution in [0.2, 0.25) is 0 Å². The Morgan fingerprint density at radius 2 is 2.00 bits per heavy atom. The molecular weight excluding hydrogens is 252 g/mol. The Kier molecular flexibility index (Phi) is 4.45. The summed E-state index contributed by atoms with van der Waals surface area (Å²) in [7, 11) is 0. The Morgan fingerprint density at radius 1 is 1.30 bits per heavy atom. The van der Waals surface area contributed by atoms with E-state index in [1.807, 2.05) is 51.2 Å². The lowest BCUT2D eigenvalue weighted by Gasteiger charge is -2.19. The van der Waals surface area contributed by atoms with Gasteiger partial charge in [-0.25, -0.2) is 0 Å². The summed E-state index contributed by atoms with van der Waals surface area (Å²) in [6, 6.07) is 7.35. The molecule has 0 amide bonds. The van der Waals surface area contributed by atoms with Crippen LogP contribution in [0.5, 0.6) is 0 Å². The molecule has 20 heavy (non-hydrogen) atoms. The van der Waals surface area contributed by atoms with Crippen molar-refractivity contribution < 1.29 is 9.53 Å². The molecule has 0 aliphatic rings. The van der Waals surface area contributed by atoms with Crippen molar-refractivity contribution in [2.24, 2.45) is 11.7 Å². The van der Waals surface area contributed by atoms with Crippen LogP contribution < -0.4 is 5.73 Å². The second-order valence-corrected chi connectivity index (χ2v) is 5.56. The number of ether oxygens (including phenoxy) is 1. The SMILES string of the molecule is CC(C)C(C)OC(=O)[C@@H](N)Cc1c[nH]c2ccccc12. The van der Waals surface area contributed by atoms with E-state index in [4.69, 9.17) is 10.5 Å². The third kappa shape index (κ3) is 3.20. The van der Waals surface area contributed by atoms with Crippen LogP contribution in [0.25, 0.3) is 10.9 Å². The molecule has 2 atom stereocenters. The molecule has 0 radical (unpaired) electrons. The zero-order chi connectivity index (χ0) is 14.7. The molecule has 0 aliphatic heterocycles. The average molecular weight is 274 g/mol. The van der Waals surface area contributed by atoms with Gasteiger partial charge in [-0.3, -0.25) is 4.79 Å². The van der Waals surface area contributed by atoms with Crippen molar-refractivity contribution in [1.29, 1.82) is 0 Å². The van der Waals surface area contributed by atoms with Gasteiger partial charge >= 0.3 is 5.97 Å². The maximum atomic E-state index is 12.0. The molecule has 2 rings (SSSR count). The number of benzene rings is 1. The molecule has 1 heterocycles. The predicted molar refractivity (Wildman–Crippen MR) is 80.4 cm³/mol. The van der Waals surface area contributed by atoms with Crippen LogP contribution in [0.15, 0.2) is 30.5 Å². The number of carbonyl (C=O) groups is 1. The van der Waals surface area contributed by atoms with Crippen molar-refractivity contribution >= 4 is 16.9 Å². The number of fused-ring (bicyclic) bond motifs is 1. The first-order valence-electron chi connectivity index (χ1n) is 7.00. The van der Waals surface area contributed by atoms with Gasteiger partial charge < -0.3 is 15.5 Å². The lowest BCUT2D eigenvalue weighted by atomic mass is 10.1. The first-order valence-corrected chi connectivity index (χ1v) is 7.00. The first kappa shape index (κ1) is 14.6. The van der Waals surface area contributed by atoms with Crippen LogP contribution in [0.4, 0.5) is 0 Å². The van der Waals surface area contributed by atoms with Crippen molar-refractivity contribution in [3.63, 3.8) is 0 Å². The highest BCUT2D eigenvalue weighted by Crippen LogP contribution is 2.19. The lowest BCUT2D eigenvalue weighted by Crippen LogP contribution is -2.37. The Labute approximate surface area is 119 Å². The van der Waals surface area contributed by atoms with Gasteiger partial charge in [-0.05, 0) is 24.5 Å². The maximum Gasteiger partial charge on any atom is 0.323 e. The van der Waals surface area contributed by atoms with Gasteiger partial charge in [0.05, 0.1) is 0 Å². The van der Waals surface area contributed by atoms with E-state index in [1.54, 1.807) is 0 Å². The van der Waals surface area contributed by atoms with E-state index in [0.717, 1.165) is 16.5 Å². The van der Waals surface area contributed by atoms with Crippen molar-refractivity contribution in [2.75, 3.05) is 0 Å². The summed E-state index contributed by atoms with van der Waals surface area (Å²) < 4.78 is 5.36. The van der Waals surface area contributed by atoms with Gasteiger partial charge in [0, 0.05) is 23.5 Å². The number of aromatic nitrogens is 1. The number of rotatable bonds is 5. The number of esters is 1. The largest absolute Gasteiger partial charge is 0.461 e. The zero-order valence-corrected chi connectivity index (χ0v) is 12.2. The Balaban J connectivity index is 2.04. The summed E-state index contributed by atoms with van der Waals surface area (Å²) in [5, 5.41) is 1.10. The molecule has 4 heteroatoms. The summed E-state index contributed by atoms with van der Waals surface area (Å²) in [5.74, 6) is -0.0456. The number of aromatic amines is 1. The maximum absolute atomic E-state index is 12.0. The van der Waals surface area contributed by atoms with Crippen molar-refractivity contribution in [3.8, 4) is 0 Å². The van der Waals surface area contributed by atoms with E-state index < -0.39 is 6.04 Å². The molecule has 1 unspecified atom stereocenters. The fourth-order valence-electron chi connectivity index (χ4n) is 2.03. The number of hydrogen-bond donors (Lipinski definition) is 2. The number of H-pyrrole nitrogens is 1. The number of hydrogen-bond acceptors (Lipinski definition) is 3. The van der Waals surface area contributed by atoms with Crippen LogP contribution >= 0.6 is 0 Å². The van der Waals surface area contributed by atoms with Gasteiger partial charge in [0.2, 0.25) is 0 Å². The van der Waals surface area contributed by atoms with Crippen LogP contribution in [0, 0.1) is 5.92 Å². The molecular formula is C16H22N2O2. The van der Waals surface area contributed by atoms with Crippen LogP contribution in [0.1, 0.15) is 26.3 Å². The molecule has 2 aromatic rings. The van der Waals surface area contributed by atoms with E-state index in [0.29, 0.717) is 12.3 Å². The topological polar surface area (TPSA) is 68.1 Å². The molecule has 0 aliphatic carbocycles. The molecule has 0 spiro atoms. The second kappa shape index (κ2) is 6.09. The van der Waals surface area contributed by atoms with Gasteiger partial charge in [0.15, 0.2) is 0 Å². The van der Waals surface area contributed by atoms with Crippen LogP contribution in [-0.2, 0) is 16.0 Å². The smallest absolute Gasteiger partial charge is 0.323 e. The van der Waals surface area contributed by atoms with Crippen molar-refractivity contribution in [1.82, 2.24) is 4.98 Å². The highest BCUT2D eigenvalue weighted by molar-refractivity contribution is 5.84.